The molecule has 4 nitrogen and oxygen atoms in total. The van der Waals surface area contributed by atoms with Crippen molar-refractivity contribution in [3.05, 3.63) is 11.6 Å². The Balaban J connectivity index is 4.68. The van der Waals surface area contributed by atoms with Crippen LogP contribution in [0.5, 0.6) is 0 Å². The van der Waals surface area contributed by atoms with Crippen LogP contribution >= 0.6 is 0 Å². The number of carbonyl (C=O) groups excluding carboxylic acids is 1. The zero-order chi connectivity index (χ0) is 20.8. The van der Waals surface area contributed by atoms with E-state index in [9.17, 15) is 13.6 Å². The summed E-state index contributed by atoms with van der Waals surface area (Å²) in [6.45, 7) is 10.7. The molecule has 6 heteroatoms. The highest BCUT2D eigenvalue weighted by molar-refractivity contribution is 5.85. The summed E-state index contributed by atoms with van der Waals surface area (Å²) in [7, 11) is 0. The molecule has 0 heterocycles. The van der Waals surface area contributed by atoms with Crippen LogP contribution in [-0.4, -0.2) is 48.2 Å². The highest BCUT2D eigenvalue weighted by atomic mass is 19.3. The monoisotopic (exact) mass is 388 g/mol. The van der Waals surface area contributed by atoms with Crippen LogP contribution in [0.1, 0.15) is 79.6 Å². The van der Waals surface area contributed by atoms with Gasteiger partial charge in [0.05, 0.1) is 0 Å². The van der Waals surface area contributed by atoms with E-state index in [0.717, 1.165) is 18.4 Å². The number of allylic oxidation sites excluding steroid dienone is 1. The van der Waals surface area contributed by atoms with E-state index in [1.54, 1.807) is 13.0 Å². The van der Waals surface area contributed by atoms with E-state index in [4.69, 9.17) is 10.1 Å². The van der Waals surface area contributed by atoms with Crippen LogP contribution in [0, 0.1) is 5.41 Å². The number of hydrogen-bond donors (Lipinski definition) is 1. The number of hydrogen-bond acceptors (Lipinski definition) is 3. The second-order valence-electron chi connectivity index (χ2n) is 7.00. The quantitative estimate of drug-likeness (QED) is 0.293. The Kier molecular flexibility index (Phi) is 14.0. The molecule has 2 unspecified atom stereocenters. The van der Waals surface area contributed by atoms with Gasteiger partial charge in [0, 0.05) is 37.7 Å². The third-order valence-electron chi connectivity index (χ3n) is 4.72. The lowest BCUT2D eigenvalue weighted by Gasteiger charge is -2.28. The van der Waals surface area contributed by atoms with Crippen LogP contribution in [0.15, 0.2) is 11.6 Å². The normalized spacial score (nSPS) is 14.3. The van der Waals surface area contributed by atoms with E-state index in [1.807, 2.05) is 25.7 Å². The molecular formula is C21H38F2N2O2. The lowest BCUT2D eigenvalue weighted by atomic mass is 10.0. The van der Waals surface area contributed by atoms with Crippen LogP contribution in [-0.2, 0) is 9.53 Å². The largest absolute Gasteiger partial charge is 0.368 e. The van der Waals surface area contributed by atoms with E-state index in [2.05, 4.69) is 6.92 Å². The van der Waals surface area contributed by atoms with Gasteiger partial charge in [-0.15, -0.1) is 0 Å². The molecule has 0 aliphatic heterocycles. The van der Waals surface area contributed by atoms with Crippen LogP contribution in [0.25, 0.3) is 0 Å². The van der Waals surface area contributed by atoms with Crippen molar-refractivity contribution < 1.29 is 18.3 Å². The van der Waals surface area contributed by atoms with Crippen molar-refractivity contribution in [2.75, 3.05) is 13.2 Å². The van der Waals surface area contributed by atoms with Gasteiger partial charge in [-0.25, -0.2) is 8.78 Å². The summed E-state index contributed by atoms with van der Waals surface area (Å²) >= 11 is 0. The molecule has 27 heavy (non-hydrogen) atoms. The van der Waals surface area contributed by atoms with E-state index in [0.29, 0.717) is 44.5 Å². The Labute approximate surface area is 163 Å². The Morgan fingerprint density at radius 2 is 1.85 bits per heavy atom. The van der Waals surface area contributed by atoms with Gasteiger partial charge in [0.2, 0.25) is 12.3 Å². The summed E-state index contributed by atoms with van der Waals surface area (Å²) in [5.41, 5.74) is 1.25. The minimum Gasteiger partial charge on any atom is -0.368 e. The predicted molar refractivity (Wildman–Crippen MR) is 108 cm³/mol. The van der Waals surface area contributed by atoms with E-state index in [1.165, 1.54) is 0 Å². The van der Waals surface area contributed by atoms with Crippen LogP contribution in [0.3, 0.4) is 0 Å². The number of amides is 1. The highest BCUT2D eigenvalue weighted by Gasteiger charge is 2.19. The summed E-state index contributed by atoms with van der Waals surface area (Å²) in [5, 5.41) is 7.91. The van der Waals surface area contributed by atoms with Crippen molar-refractivity contribution in [1.29, 1.82) is 5.41 Å². The maximum absolute atomic E-state index is 12.4. The van der Waals surface area contributed by atoms with Crippen molar-refractivity contribution in [2.24, 2.45) is 0 Å². The summed E-state index contributed by atoms with van der Waals surface area (Å²) < 4.78 is 30.7. The van der Waals surface area contributed by atoms with Gasteiger partial charge in [-0.3, -0.25) is 4.79 Å². The molecule has 0 aromatic heterocycles. The van der Waals surface area contributed by atoms with Gasteiger partial charge in [0.25, 0.3) is 0 Å². The van der Waals surface area contributed by atoms with Gasteiger partial charge in [-0.05, 0) is 46.5 Å². The first-order chi connectivity index (χ1) is 12.8. The molecule has 1 N–H and O–H groups in total. The number of nitrogens with zero attached hydrogens (tertiary/aromatic N) is 1. The number of carbonyl (C=O) groups is 1. The predicted octanol–water partition coefficient (Wildman–Crippen LogP) is 5.61. The van der Waals surface area contributed by atoms with Crippen molar-refractivity contribution in [2.45, 2.75) is 98.1 Å². The molecule has 2 atom stereocenters. The molecule has 0 aromatic rings. The SMILES string of the molecule is CCCCC(=O)N(CC)C(C)CCOC(/C=C(\CC)CCC(F)F)C(C)=N. The van der Waals surface area contributed by atoms with Gasteiger partial charge in [-0.1, -0.05) is 31.9 Å². The maximum Gasteiger partial charge on any atom is 0.238 e. The molecule has 0 rings (SSSR count). The maximum atomic E-state index is 12.4. The first kappa shape index (κ1) is 25.7. The molecule has 0 aliphatic carbocycles. The first-order valence-electron chi connectivity index (χ1n) is 10.2. The fourth-order valence-corrected chi connectivity index (χ4v) is 2.91. The third kappa shape index (κ3) is 11.2. The first-order valence-corrected chi connectivity index (χ1v) is 10.2. The van der Waals surface area contributed by atoms with Crippen LogP contribution < -0.4 is 0 Å². The highest BCUT2D eigenvalue weighted by Crippen LogP contribution is 2.16. The average Bonchev–Trinajstić information content (AvgIpc) is 2.62. The molecule has 0 saturated carbocycles. The topological polar surface area (TPSA) is 53.4 Å². The fourth-order valence-electron chi connectivity index (χ4n) is 2.91. The van der Waals surface area contributed by atoms with Crippen molar-refractivity contribution >= 4 is 11.6 Å². The van der Waals surface area contributed by atoms with Gasteiger partial charge < -0.3 is 15.0 Å². The molecule has 158 valence electrons. The van der Waals surface area contributed by atoms with Gasteiger partial charge in [0.15, 0.2) is 0 Å². The average molecular weight is 389 g/mol. The molecule has 0 aromatic carbocycles. The van der Waals surface area contributed by atoms with Crippen molar-refractivity contribution in [1.82, 2.24) is 4.90 Å². The Bertz CT molecular complexity index is 467. The van der Waals surface area contributed by atoms with Gasteiger partial charge in [-0.2, -0.15) is 0 Å². The lowest BCUT2D eigenvalue weighted by Crippen LogP contribution is -2.39. The molecule has 0 radical (unpaired) electrons. The van der Waals surface area contributed by atoms with Crippen molar-refractivity contribution in [3.8, 4) is 0 Å². The molecular weight excluding hydrogens is 350 g/mol. The van der Waals surface area contributed by atoms with E-state index < -0.39 is 12.5 Å². The smallest absolute Gasteiger partial charge is 0.238 e. The molecule has 0 aliphatic rings. The summed E-state index contributed by atoms with van der Waals surface area (Å²) in [4.78, 5) is 14.1. The molecule has 0 saturated heterocycles. The number of alkyl halides is 2. The minimum atomic E-state index is -2.31. The molecule has 0 spiro atoms. The van der Waals surface area contributed by atoms with Gasteiger partial charge in [0.1, 0.15) is 6.10 Å². The third-order valence-corrected chi connectivity index (χ3v) is 4.72. The number of halogens is 2. The van der Waals surface area contributed by atoms with Crippen LogP contribution in [0.2, 0.25) is 0 Å². The zero-order valence-electron chi connectivity index (χ0n) is 17.7. The molecule has 1 amide bonds. The molecule has 0 bridgehead atoms. The summed E-state index contributed by atoms with van der Waals surface area (Å²) in [5.74, 6) is 0.173. The zero-order valence-corrected chi connectivity index (χ0v) is 17.7. The van der Waals surface area contributed by atoms with Crippen LogP contribution in [0.4, 0.5) is 8.78 Å². The van der Waals surface area contributed by atoms with E-state index >= 15 is 0 Å². The standard InChI is InChI=1S/C21H38F2N2O2/c1-6-9-10-21(26)25(8-3)16(4)13-14-27-19(17(5)24)15-18(7-2)11-12-20(22)23/h15-16,19-20,24H,6-14H2,1-5H3/b18-15+,24-17?. The second-order valence-corrected chi connectivity index (χ2v) is 7.00. The number of rotatable bonds is 15. The summed E-state index contributed by atoms with van der Waals surface area (Å²) in [6.07, 6.45) is 2.99. The number of nitrogens with one attached hydrogen (secondary N) is 1. The Morgan fingerprint density at radius 1 is 1.19 bits per heavy atom. The lowest BCUT2D eigenvalue weighted by molar-refractivity contribution is -0.133. The van der Waals surface area contributed by atoms with Gasteiger partial charge >= 0.3 is 0 Å². The second kappa shape index (κ2) is 14.7. The van der Waals surface area contributed by atoms with Crippen molar-refractivity contribution in [3.63, 3.8) is 0 Å². The Morgan fingerprint density at radius 3 is 2.33 bits per heavy atom. The fraction of sp³-hybridized carbons (Fsp3) is 0.810. The summed E-state index contributed by atoms with van der Waals surface area (Å²) in [6, 6.07) is 0.0690. The minimum absolute atomic E-state index is 0.0690. The van der Waals surface area contributed by atoms with E-state index in [-0.39, 0.29) is 18.4 Å². The Hall–Kier alpha value is -1.30. The molecule has 0 fully saturated rings. The number of ether oxygens (including phenoxy) is 1. The number of unbranched alkanes of at least 4 members (excludes halogenated alkanes) is 1.